The maximum atomic E-state index is 13.2. The predicted molar refractivity (Wildman–Crippen MR) is 92.5 cm³/mol. The van der Waals surface area contributed by atoms with Crippen molar-refractivity contribution in [3.8, 4) is 0 Å². The molecule has 7 nitrogen and oxygen atoms in total. The van der Waals surface area contributed by atoms with Crippen molar-refractivity contribution in [3.05, 3.63) is 65.7 Å². The Morgan fingerprint density at radius 1 is 1.35 bits per heavy atom. The fraction of sp³-hybridized carbons (Fsp3) is 0.368. The quantitative estimate of drug-likeness (QED) is 0.785. The van der Waals surface area contributed by atoms with Crippen LogP contribution in [0.1, 0.15) is 64.6 Å². The molecule has 3 aromatic heterocycles. The summed E-state index contributed by atoms with van der Waals surface area (Å²) in [5, 5.41) is 0. The van der Waals surface area contributed by atoms with Gasteiger partial charge in [-0.05, 0) is 24.5 Å². The van der Waals surface area contributed by atoms with Gasteiger partial charge >= 0.3 is 0 Å². The molecule has 2 aliphatic rings. The number of hydrogen-bond acceptors (Lipinski definition) is 5. The third-order valence-corrected chi connectivity index (χ3v) is 5.38. The second kappa shape index (κ2) is 6.09. The van der Waals surface area contributed by atoms with Crippen LogP contribution in [-0.2, 0) is 6.42 Å². The van der Waals surface area contributed by atoms with E-state index in [-0.39, 0.29) is 11.9 Å². The summed E-state index contributed by atoms with van der Waals surface area (Å²) < 4.78 is 5.58. The van der Waals surface area contributed by atoms with Gasteiger partial charge in [0.2, 0.25) is 0 Å². The van der Waals surface area contributed by atoms with E-state index >= 15 is 0 Å². The number of amides is 1. The lowest BCUT2D eigenvalue weighted by atomic mass is 9.85. The number of nitrogens with zero attached hydrogens (tertiary/aromatic N) is 4. The van der Waals surface area contributed by atoms with Gasteiger partial charge in [-0.15, -0.1) is 0 Å². The molecule has 1 N–H and O–H groups in total. The Kier molecular flexibility index (Phi) is 3.58. The summed E-state index contributed by atoms with van der Waals surface area (Å²) in [6, 6.07) is 3.59. The molecular formula is C19H19N5O2. The highest BCUT2D eigenvalue weighted by molar-refractivity contribution is 5.92. The van der Waals surface area contributed by atoms with Gasteiger partial charge in [0.05, 0.1) is 12.0 Å². The van der Waals surface area contributed by atoms with Crippen molar-refractivity contribution in [2.45, 2.75) is 37.6 Å². The fourth-order valence-corrected chi connectivity index (χ4v) is 3.75. The number of imidazole rings is 1. The summed E-state index contributed by atoms with van der Waals surface area (Å²) in [5.41, 5.74) is 3.26. The van der Waals surface area contributed by atoms with Gasteiger partial charge in [0.15, 0.2) is 11.6 Å². The topological polar surface area (TPSA) is 87.9 Å². The minimum atomic E-state index is -0.268. The first-order valence-electron chi connectivity index (χ1n) is 8.99. The van der Waals surface area contributed by atoms with E-state index in [1.165, 1.54) is 12.7 Å². The van der Waals surface area contributed by atoms with E-state index in [0.717, 1.165) is 36.2 Å². The Bertz CT molecular complexity index is 928. The second-order valence-corrected chi connectivity index (χ2v) is 6.90. The normalized spacial score (nSPS) is 19.8. The number of aromatic nitrogens is 4. The van der Waals surface area contributed by atoms with Crippen LogP contribution in [0.3, 0.4) is 0 Å². The maximum Gasteiger partial charge on any atom is 0.276 e. The maximum absolute atomic E-state index is 13.2. The van der Waals surface area contributed by atoms with E-state index in [1.54, 1.807) is 18.7 Å². The summed E-state index contributed by atoms with van der Waals surface area (Å²) in [5.74, 6) is 0.932. The smallest absolute Gasteiger partial charge is 0.276 e. The number of nitrogens with one attached hydrogen (secondary N) is 1. The van der Waals surface area contributed by atoms with Crippen molar-refractivity contribution in [1.29, 1.82) is 0 Å². The summed E-state index contributed by atoms with van der Waals surface area (Å²) in [6.45, 7) is 0.596. The molecule has 3 aromatic rings. The highest BCUT2D eigenvalue weighted by Crippen LogP contribution is 2.37. The summed E-state index contributed by atoms with van der Waals surface area (Å²) >= 11 is 0. The molecule has 0 saturated heterocycles. The van der Waals surface area contributed by atoms with E-state index in [9.17, 15) is 4.79 Å². The highest BCUT2D eigenvalue weighted by atomic mass is 16.3. The van der Waals surface area contributed by atoms with E-state index in [2.05, 4.69) is 19.9 Å². The highest BCUT2D eigenvalue weighted by Gasteiger charge is 2.36. The van der Waals surface area contributed by atoms with Crippen molar-refractivity contribution in [1.82, 2.24) is 24.8 Å². The van der Waals surface area contributed by atoms with Gasteiger partial charge in [-0.25, -0.2) is 9.97 Å². The summed E-state index contributed by atoms with van der Waals surface area (Å²) in [6.07, 6.45) is 10.8. The van der Waals surface area contributed by atoms with Crippen LogP contribution in [-0.4, -0.2) is 37.3 Å². The standard InChI is InChI=1S/C19H19N5O2/c25-19(15-10-26-18(23-15)12-3-1-4-12)24-8-6-14-16(22-11-21-14)17(24)13-5-2-7-20-9-13/h2,5,7,9-12,17H,1,3-4,6,8H2,(H,21,22). The van der Waals surface area contributed by atoms with Gasteiger partial charge in [0, 0.05) is 37.0 Å². The first-order chi connectivity index (χ1) is 12.8. The van der Waals surface area contributed by atoms with Crippen LogP contribution in [0, 0.1) is 0 Å². The Morgan fingerprint density at radius 3 is 3.04 bits per heavy atom. The molecule has 4 heterocycles. The number of oxazole rings is 1. The Balaban J connectivity index is 1.50. The average Bonchev–Trinajstić information content (AvgIpc) is 3.29. The lowest BCUT2D eigenvalue weighted by Crippen LogP contribution is -2.41. The predicted octanol–water partition coefficient (Wildman–Crippen LogP) is 2.85. The summed E-state index contributed by atoms with van der Waals surface area (Å²) in [4.78, 5) is 31.4. The number of carbonyl (C=O) groups is 1. The molecule has 26 heavy (non-hydrogen) atoms. The zero-order valence-corrected chi connectivity index (χ0v) is 14.3. The first-order valence-corrected chi connectivity index (χ1v) is 8.99. The fourth-order valence-electron chi connectivity index (χ4n) is 3.75. The van der Waals surface area contributed by atoms with Crippen molar-refractivity contribution in [2.24, 2.45) is 0 Å². The van der Waals surface area contributed by atoms with Crippen LogP contribution in [0.5, 0.6) is 0 Å². The molecule has 0 bridgehead atoms. The van der Waals surface area contributed by atoms with Gasteiger partial charge in [0.1, 0.15) is 12.3 Å². The molecule has 5 rings (SSSR count). The molecule has 0 spiro atoms. The zero-order valence-electron chi connectivity index (χ0n) is 14.3. The number of fused-ring (bicyclic) bond motifs is 1. The number of rotatable bonds is 3. The van der Waals surface area contributed by atoms with Gasteiger partial charge < -0.3 is 14.3 Å². The molecule has 1 amide bonds. The van der Waals surface area contributed by atoms with Crippen molar-refractivity contribution >= 4 is 5.91 Å². The zero-order chi connectivity index (χ0) is 17.5. The number of H-pyrrole nitrogens is 1. The number of aromatic amines is 1. The van der Waals surface area contributed by atoms with Crippen molar-refractivity contribution < 1.29 is 9.21 Å². The molecular weight excluding hydrogens is 330 g/mol. The van der Waals surface area contributed by atoms with E-state index in [1.807, 2.05) is 17.0 Å². The monoisotopic (exact) mass is 349 g/mol. The summed E-state index contributed by atoms with van der Waals surface area (Å²) in [7, 11) is 0. The molecule has 1 unspecified atom stereocenters. The lowest BCUT2D eigenvalue weighted by Gasteiger charge is -2.34. The number of pyridine rings is 1. The van der Waals surface area contributed by atoms with Gasteiger partial charge in [-0.3, -0.25) is 9.78 Å². The van der Waals surface area contributed by atoms with Crippen LogP contribution in [0.25, 0.3) is 0 Å². The Hall–Kier alpha value is -2.96. The molecule has 1 fully saturated rings. The van der Waals surface area contributed by atoms with Gasteiger partial charge in [0.25, 0.3) is 5.91 Å². The lowest BCUT2D eigenvalue weighted by molar-refractivity contribution is 0.0684. The first kappa shape index (κ1) is 15.3. The van der Waals surface area contributed by atoms with Gasteiger partial charge in [-0.1, -0.05) is 12.5 Å². The SMILES string of the molecule is O=C(c1coc(C2CCC2)n1)N1CCc2[nH]cnc2C1c1cccnc1. The Labute approximate surface area is 150 Å². The van der Waals surface area contributed by atoms with Crippen LogP contribution < -0.4 is 0 Å². The molecule has 1 aliphatic carbocycles. The molecule has 0 radical (unpaired) electrons. The molecule has 0 aromatic carbocycles. The number of hydrogen-bond donors (Lipinski definition) is 1. The van der Waals surface area contributed by atoms with E-state index < -0.39 is 0 Å². The van der Waals surface area contributed by atoms with Crippen LogP contribution in [0.2, 0.25) is 0 Å². The second-order valence-electron chi connectivity index (χ2n) is 6.90. The molecule has 1 saturated carbocycles. The molecule has 1 atom stereocenters. The van der Waals surface area contributed by atoms with Crippen LogP contribution in [0.15, 0.2) is 41.5 Å². The third kappa shape index (κ3) is 2.42. The van der Waals surface area contributed by atoms with Gasteiger partial charge in [-0.2, -0.15) is 0 Å². The van der Waals surface area contributed by atoms with E-state index in [4.69, 9.17) is 4.42 Å². The molecule has 132 valence electrons. The Morgan fingerprint density at radius 2 is 2.27 bits per heavy atom. The van der Waals surface area contributed by atoms with Crippen LogP contribution >= 0.6 is 0 Å². The molecule has 7 heteroatoms. The minimum absolute atomic E-state index is 0.123. The molecule has 1 aliphatic heterocycles. The van der Waals surface area contributed by atoms with Crippen molar-refractivity contribution in [3.63, 3.8) is 0 Å². The van der Waals surface area contributed by atoms with E-state index in [0.29, 0.717) is 24.0 Å². The largest absolute Gasteiger partial charge is 0.448 e. The minimum Gasteiger partial charge on any atom is -0.448 e. The van der Waals surface area contributed by atoms with Crippen molar-refractivity contribution in [2.75, 3.05) is 6.54 Å². The van der Waals surface area contributed by atoms with Crippen LogP contribution in [0.4, 0.5) is 0 Å². The average molecular weight is 349 g/mol. The third-order valence-electron chi connectivity index (χ3n) is 5.38. The number of carbonyl (C=O) groups excluding carboxylic acids is 1.